The highest BCUT2D eigenvalue weighted by atomic mass is 79.9. The monoisotopic (exact) mass is 484 g/mol. The average Bonchev–Trinajstić information content (AvgIpc) is 3.30. The number of rotatable bonds is 6. The summed E-state index contributed by atoms with van der Waals surface area (Å²) in [6, 6.07) is 18.3. The van der Waals surface area contributed by atoms with Crippen molar-refractivity contribution in [2.24, 2.45) is 0 Å². The molecule has 0 atom stereocenters. The average molecular weight is 485 g/mol. The normalized spacial score (nSPS) is 14.9. The van der Waals surface area contributed by atoms with Gasteiger partial charge in [0.1, 0.15) is 35.3 Å². The number of carbonyl (C=O) groups excluding carboxylic acids is 1. The van der Waals surface area contributed by atoms with Gasteiger partial charge in [-0.3, -0.25) is 4.79 Å². The maximum absolute atomic E-state index is 12.9. The number of anilines is 1. The van der Waals surface area contributed by atoms with Crippen LogP contribution in [0.2, 0.25) is 0 Å². The fraction of sp³-hybridized carbons (Fsp3) is 0.0909. The van der Waals surface area contributed by atoms with Gasteiger partial charge in [-0.25, -0.2) is 4.90 Å². The fourth-order valence-electron chi connectivity index (χ4n) is 2.97. The number of benzene rings is 2. The number of nitrogens with zero attached hydrogens (tertiary/aromatic N) is 1. The third-order valence-electron chi connectivity index (χ3n) is 4.35. The number of hydrogen-bond acceptors (Lipinski definition) is 5. The topological polar surface area (TPSA) is 63.9 Å². The SMILES string of the molecule is COc1ccccc1N1C(=O)/C(=C\c2ccc(COc3cccc(Br)c3)o2)NC1=S. The highest BCUT2D eigenvalue weighted by molar-refractivity contribution is 9.10. The second-order valence-electron chi connectivity index (χ2n) is 6.35. The number of para-hydroxylation sites is 2. The zero-order chi connectivity index (χ0) is 21.1. The minimum atomic E-state index is -0.284. The van der Waals surface area contributed by atoms with Gasteiger partial charge in [-0.15, -0.1) is 0 Å². The summed E-state index contributed by atoms with van der Waals surface area (Å²) in [4.78, 5) is 14.3. The van der Waals surface area contributed by atoms with Gasteiger partial charge in [0.2, 0.25) is 0 Å². The largest absolute Gasteiger partial charge is 0.495 e. The van der Waals surface area contributed by atoms with Gasteiger partial charge >= 0.3 is 0 Å². The summed E-state index contributed by atoms with van der Waals surface area (Å²) in [5, 5.41) is 3.22. The minimum absolute atomic E-state index is 0.271. The zero-order valence-corrected chi connectivity index (χ0v) is 18.3. The van der Waals surface area contributed by atoms with E-state index in [1.54, 1.807) is 37.5 Å². The number of hydrogen-bond donors (Lipinski definition) is 1. The third-order valence-corrected chi connectivity index (χ3v) is 5.13. The molecule has 30 heavy (non-hydrogen) atoms. The first-order chi connectivity index (χ1) is 14.5. The van der Waals surface area contributed by atoms with Crippen LogP contribution < -0.4 is 19.7 Å². The van der Waals surface area contributed by atoms with E-state index in [1.165, 1.54) is 4.90 Å². The highest BCUT2D eigenvalue weighted by Crippen LogP contribution is 2.31. The molecule has 4 rings (SSSR count). The summed E-state index contributed by atoms with van der Waals surface area (Å²) < 4.78 is 17.8. The molecule has 0 spiro atoms. The van der Waals surface area contributed by atoms with Crippen molar-refractivity contribution >= 4 is 50.9 Å². The van der Waals surface area contributed by atoms with Crippen molar-refractivity contribution in [1.82, 2.24) is 5.32 Å². The Hall–Kier alpha value is -3.10. The number of nitrogens with one attached hydrogen (secondary N) is 1. The maximum atomic E-state index is 12.9. The van der Waals surface area contributed by atoms with Crippen LogP contribution in [0.1, 0.15) is 11.5 Å². The molecule has 0 radical (unpaired) electrons. The summed E-state index contributed by atoms with van der Waals surface area (Å²) in [5.41, 5.74) is 0.896. The van der Waals surface area contributed by atoms with E-state index in [9.17, 15) is 4.79 Å². The molecule has 2 heterocycles. The molecule has 0 saturated carbocycles. The molecule has 152 valence electrons. The molecule has 1 aliphatic rings. The molecular formula is C22H17BrN2O4S. The lowest BCUT2D eigenvalue weighted by Gasteiger charge is -2.17. The van der Waals surface area contributed by atoms with E-state index in [4.69, 9.17) is 26.1 Å². The summed E-state index contributed by atoms with van der Waals surface area (Å²) >= 11 is 8.77. The van der Waals surface area contributed by atoms with Crippen LogP contribution in [0, 0.1) is 0 Å². The van der Waals surface area contributed by atoms with Crippen LogP contribution in [0.15, 0.2) is 75.3 Å². The summed E-state index contributed by atoms with van der Waals surface area (Å²) in [6.07, 6.45) is 1.62. The number of carbonyl (C=O) groups is 1. The van der Waals surface area contributed by atoms with Crippen LogP contribution >= 0.6 is 28.1 Å². The quantitative estimate of drug-likeness (QED) is 0.396. The lowest BCUT2D eigenvalue weighted by molar-refractivity contribution is -0.113. The van der Waals surface area contributed by atoms with Crippen molar-refractivity contribution in [2.75, 3.05) is 12.0 Å². The molecule has 2 aromatic carbocycles. The smallest absolute Gasteiger partial charge is 0.281 e. The van der Waals surface area contributed by atoms with E-state index in [0.29, 0.717) is 28.7 Å². The van der Waals surface area contributed by atoms with E-state index < -0.39 is 0 Å². The van der Waals surface area contributed by atoms with E-state index in [0.717, 1.165) is 10.2 Å². The first-order valence-corrected chi connectivity index (χ1v) is 10.2. The van der Waals surface area contributed by atoms with Gasteiger partial charge in [0.05, 0.1) is 12.8 Å². The standard InChI is InChI=1S/C22H17BrN2O4S/c1-27-20-8-3-2-7-19(20)25-21(26)18(24-22(25)30)12-16-9-10-17(29-16)13-28-15-6-4-5-14(23)11-15/h2-12H,13H2,1H3,(H,24,30)/b18-12+. The Morgan fingerprint density at radius 1 is 1.17 bits per heavy atom. The van der Waals surface area contributed by atoms with Crippen LogP contribution in [-0.2, 0) is 11.4 Å². The lowest BCUT2D eigenvalue weighted by Crippen LogP contribution is -2.30. The van der Waals surface area contributed by atoms with Crippen LogP contribution in [0.4, 0.5) is 5.69 Å². The zero-order valence-electron chi connectivity index (χ0n) is 15.9. The molecule has 1 aromatic heterocycles. The Labute approximate surface area is 187 Å². The Morgan fingerprint density at radius 3 is 2.80 bits per heavy atom. The van der Waals surface area contributed by atoms with Crippen LogP contribution in [0.25, 0.3) is 6.08 Å². The fourth-order valence-corrected chi connectivity index (χ4v) is 3.64. The summed E-state index contributed by atoms with van der Waals surface area (Å²) in [7, 11) is 1.55. The highest BCUT2D eigenvalue weighted by Gasteiger charge is 2.33. The summed E-state index contributed by atoms with van der Waals surface area (Å²) in [5.74, 6) is 2.15. The van der Waals surface area contributed by atoms with Crippen molar-refractivity contribution in [3.8, 4) is 11.5 Å². The van der Waals surface area contributed by atoms with Gasteiger partial charge in [-0.1, -0.05) is 34.1 Å². The number of ether oxygens (including phenoxy) is 2. The van der Waals surface area contributed by atoms with Crippen LogP contribution in [-0.4, -0.2) is 18.1 Å². The van der Waals surface area contributed by atoms with Crippen molar-refractivity contribution in [1.29, 1.82) is 0 Å². The second-order valence-corrected chi connectivity index (χ2v) is 7.65. The van der Waals surface area contributed by atoms with Gasteiger partial charge < -0.3 is 19.2 Å². The molecule has 1 N–H and O–H groups in total. The third kappa shape index (κ3) is 4.24. The van der Waals surface area contributed by atoms with Gasteiger partial charge in [0.25, 0.3) is 5.91 Å². The molecule has 0 unspecified atom stereocenters. The Balaban J connectivity index is 1.49. The van der Waals surface area contributed by atoms with Gasteiger partial charge in [0, 0.05) is 10.5 Å². The first-order valence-electron chi connectivity index (χ1n) is 9.02. The van der Waals surface area contributed by atoms with Gasteiger partial charge in [0.15, 0.2) is 5.11 Å². The van der Waals surface area contributed by atoms with Gasteiger partial charge in [-0.05, 0) is 54.7 Å². The minimum Gasteiger partial charge on any atom is -0.495 e. The van der Waals surface area contributed by atoms with Crippen molar-refractivity contribution in [3.63, 3.8) is 0 Å². The molecule has 1 aliphatic heterocycles. The van der Waals surface area contributed by atoms with Crippen molar-refractivity contribution in [3.05, 3.63) is 82.4 Å². The molecule has 1 fully saturated rings. The molecule has 0 bridgehead atoms. The number of halogens is 1. The Morgan fingerprint density at radius 2 is 2.00 bits per heavy atom. The van der Waals surface area contributed by atoms with E-state index in [2.05, 4.69) is 21.2 Å². The predicted molar refractivity (Wildman–Crippen MR) is 121 cm³/mol. The molecule has 8 heteroatoms. The van der Waals surface area contributed by atoms with E-state index in [1.807, 2.05) is 36.4 Å². The van der Waals surface area contributed by atoms with Crippen LogP contribution in [0.5, 0.6) is 11.5 Å². The maximum Gasteiger partial charge on any atom is 0.281 e. The lowest BCUT2D eigenvalue weighted by atomic mass is 10.2. The number of thiocarbonyl (C=S) groups is 1. The van der Waals surface area contributed by atoms with Crippen molar-refractivity contribution < 1.29 is 18.7 Å². The molecule has 1 amide bonds. The number of amides is 1. The van der Waals surface area contributed by atoms with Crippen molar-refractivity contribution in [2.45, 2.75) is 6.61 Å². The van der Waals surface area contributed by atoms with E-state index in [-0.39, 0.29) is 17.6 Å². The molecule has 1 saturated heterocycles. The second kappa shape index (κ2) is 8.73. The first kappa shape index (κ1) is 20.2. The summed E-state index contributed by atoms with van der Waals surface area (Å²) in [6.45, 7) is 0.271. The number of furan rings is 1. The molecular weight excluding hydrogens is 468 g/mol. The van der Waals surface area contributed by atoms with E-state index >= 15 is 0 Å². The number of methoxy groups -OCH3 is 1. The molecule has 3 aromatic rings. The van der Waals surface area contributed by atoms with Gasteiger partial charge in [-0.2, -0.15) is 0 Å². The molecule has 0 aliphatic carbocycles. The molecule has 6 nitrogen and oxygen atoms in total. The Kier molecular flexibility index (Phi) is 5.87. The van der Waals surface area contributed by atoms with Crippen LogP contribution in [0.3, 0.4) is 0 Å². The Bertz CT molecular complexity index is 1140. The predicted octanol–water partition coefficient (Wildman–Crippen LogP) is 4.89.